The smallest absolute Gasteiger partial charge is 0.193 e. The molecule has 0 N–H and O–H groups in total. The summed E-state index contributed by atoms with van der Waals surface area (Å²) in [5.74, 6) is -24.0. The summed E-state index contributed by atoms with van der Waals surface area (Å²) in [5, 5.41) is -4.98. The molecule has 0 amide bonds. The van der Waals surface area contributed by atoms with Crippen LogP contribution in [0, 0.1) is 0 Å². The summed E-state index contributed by atoms with van der Waals surface area (Å²) in [4.78, 5) is 0. The van der Waals surface area contributed by atoms with E-state index in [9.17, 15) is 35.1 Å². The number of hydrogen-bond acceptors (Lipinski definition) is 0. The number of hydrogen-bond donors (Lipinski definition) is 0. The second-order valence-corrected chi connectivity index (χ2v) is 3.68. The van der Waals surface area contributed by atoms with Gasteiger partial charge in [0, 0.05) is 0 Å². The van der Waals surface area contributed by atoms with Gasteiger partial charge in [0.15, 0.2) is 0 Å². The Bertz CT molecular complexity index is 324. The van der Waals surface area contributed by atoms with Crippen molar-refractivity contribution in [2.75, 3.05) is 0 Å². The van der Waals surface area contributed by atoms with Gasteiger partial charge in [-0.2, -0.15) is 35.1 Å². The van der Waals surface area contributed by atoms with Gasteiger partial charge in [0.2, 0.25) is 0 Å². The van der Waals surface area contributed by atoms with Gasteiger partial charge in [0.25, 0.3) is 0 Å². The first kappa shape index (κ1) is 13.8. The van der Waals surface area contributed by atoms with Crippen molar-refractivity contribution in [2.45, 2.75) is 23.7 Å². The van der Waals surface area contributed by atoms with Crippen LogP contribution in [0.1, 0.15) is 0 Å². The van der Waals surface area contributed by atoms with Crippen molar-refractivity contribution >= 4 is 23.2 Å². The van der Waals surface area contributed by atoms with Crippen molar-refractivity contribution in [2.24, 2.45) is 0 Å². The standard InChI is InChI=1S/C6Cl2F8/c7-1-2(8)4(11,12)6(15,16)5(13,14)3(1,9)10. The average molecular weight is 295 g/mol. The summed E-state index contributed by atoms with van der Waals surface area (Å²) in [6, 6.07) is 0. The van der Waals surface area contributed by atoms with E-state index < -0.39 is 33.8 Å². The zero-order valence-electron chi connectivity index (χ0n) is 6.78. The van der Waals surface area contributed by atoms with Crippen LogP contribution in [0.3, 0.4) is 0 Å². The number of halogens is 10. The summed E-state index contributed by atoms with van der Waals surface area (Å²) in [6.07, 6.45) is 0. The zero-order valence-corrected chi connectivity index (χ0v) is 8.29. The van der Waals surface area contributed by atoms with Gasteiger partial charge in [-0.1, -0.05) is 23.2 Å². The first-order chi connectivity index (χ1) is 6.82. The number of alkyl halides is 8. The Morgan fingerprint density at radius 1 is 0.562 bits per heavy atom. The topological polar surface area (TPSA) is 0 Å². The van der Waals surface area contributed by atoms with E-state index in [0.29, 0.717) is 0 Å². The molecule has 94 valence electrons. The minimum absolute atomic E-state index is 2.49. The van der Waals surface area contributed by atoms with Crippen molar-refractivity contribution in [1.82, 2.24) is 0 Å². The number of rotatable bonds is 0. The molecule has 0 aromatic carbocycles. The van der Waals surface area contributed by atoms with E-state index in [1.54, 1.807) is 0 Å². The molecule has 0 saturated heterocycles. The molecule has 16 heavy (non-hydrogen) atoms. The van der Waals surface area contributed by atoms with Crippen LogP contribution in [0.5, 0.6) is 0 Å². The van der Waals surface area contributed by atoms with Crippen molar-refractivity contribution in [3.05, 3.63) is 10.1 Å². The summed E-state index contributed by atoms with van der Waals surface area (Å²) in [5.41, 5.74) is 0. The van der Waals surface area contributed by atoms with Gasteiger partial charge < -0.3 is 0 Å². The fourth-order valence-corrected chi connectivity index (χ4v) is 1.42. The molecular formula is C6Cl2F8. The van der Waals surface area contributed by atoms with Crippen molar-refractivity contribution in [3.8, 4) is 0 Å². The van der Waals surface area contributed by atoms with Gasteiger partial charge >= 0.3 is 23.7 Å². The monoisotopic (exact) mass is 294 g/mol. The molecule has 0 spiro atoms. The lowest BCUT2D eigenvalue weighted by Crippen LogP contribution is -2.65. The van der Waals surface area contributed by atoms with Crippen LogP contribution in [0.2, 0.25) is 0 Å². The van der Waals surface area contributed by atoms with Gasteiger partial charge in [-0.05, 0) is 0 Å². The second-order valence-electron chi connectivity index (χ2n) is 2.93. The Morgan fingerprint density at radius 2 is 0.750 bits per heavy atom. The zero-order chi connectivity index (χ0) is 13.2. The maximum Gasteiger partial charge on any atom is 0.383 e. The highest BCUT2D eigenvalue weighted by atomic mass is 35.5. The molecule has 0 atom stereocenters. The Labute approximate surface area is 92.8 Å². The quantitative estimate of drug-likeness (QED) is 0.587. The largest absolute Gasteiger partial charge is 0.383 e. The van der Waals surface area contributed by atoms with Crippen molar-refractivity contribution in [1.29, 1.82) is 0 Å². The normalized spacial score (nSPS) is 30.4. The number of allylic oxidation sites excluding steroid dienone is 2. The van der Waals surface area contributed by atoms with Gasteiger partial charge in [-0.25, -0.2) is 0 Å². The van der Waals surface area contributed by atoms with E-state index in [-0.39, 0.29) is 0 Å². The first-order valence-electron chi connectivity index (χ1n) is 3.39. The molecule has 1 aliphatic rings. The molecule has 0 fully saturated rings. The SMILES string of the molecule is FC1(F)C(Cl)=C(Cl)C(F)(F)C(F)(F)C1(F)F. The van der Waals surface area contributed by atoms with E-state index in [1.165, 1.54) is 0 Å². The molecule has 0 aliphatic heterocycles. The summed E-state index contributed by atoms with van der Waals surface area (Å²) < 4.78 is 101. The molecule has 0 nitrogen and oxygen atoms in total. The Morgan fingerprint density at radius 3 is 0.938 bits per heavy atom. The molecule has 0 saturated carbocycles. The minimum Gasteiger partial charge on any atom is -0.193 e. The molecule has 10 heteroatoms. The lowest BCUT2D eigenvalue weighted by Gasteiger charge is -2.40. The van der Waals surface area contributed by atoms with Crippen LogP contribution in [0.4, 0.5) is 35.1 Å². The van der Waals surface area contributed by atoms with E-state index >= 15 is 0 Å². The average Bonchev–Trinajstić information content (AvgIpc) is 2.12. The lowest BCUT2D eigenvalue weighted by atomic mass is 9.91. The second kappa shape index (κ2) is 3.16. The minimum atomic E-state index is -6.33. The predicted octanol–water partition coefficient (Wildman–Crippen LogP) is 4.23. The van der Waals surface area contributed by atoms with Crippen LogP contribution in [-0.4, -0.2) is 23.7 Å². The fraction of sp³-hybridized carbons (Fsp3) is 0.667. The maximum absolute atomic E-state index is 12.6. The Kier molecular flexibility index (Phi) is 2.73. The van der Waals surface area contributed by atoms with Gasteiger partial charge in [-0.3, -0.25) is 0 Å². The summed E-state index contributed by atoms with van der Waals surface area (Å²) in [7, 11) is 0. The maximum atomic E-state index is 12.6. The lowest BCUT2D eigenvalue weighted by molar-refractivity contribution is -0.355. The van der Waals surface area contributed by atoms with E-state index in [4.69, 9.17) is 0 Å². The van der Waals surface area contributed by atoms with Gasteiger partial charge in [0.1, 0.15) is 10.1 Å². The van der Waals surface area contributed by atoms with Crippen molar-refractivity contribution in [3.63, 3.8) is 0 Å². The van der Waals surface area contributed by atoms with Crippen LogP contribution in [0.15, 0.2) is 10.1 Å². The third-order valence-corrected chi connectivity index (χ3v) is 2.88. The fourth-order valence-electron chi connectivity index (χ4n) is 0.946. The van der Waals surface area contributed by atoms with E-state index in [1.807, 2.05) is 0 Å². The third-order valence-electron chi connectivity index (χ3n) is 1.93. The van der Waals surface area contributed by atoms with Gasteiger partial charge in [0.05, 0.1) is 0 Å². The molecule has 0 radical (unpaired) electrons. The van der Waals surface area contributed by atoms with E-state index in [2.05, 4.69) is 23.2 Å². The Balaban J connectivity index is 3.64. The highest BCUT2D eigenvalue weighted by Gasteiger charge is 2.85. The molecule has 0 heterocycles. The highest BCUT2D eigenvalue weighted by molar-refractivity contribution is 6.40. The Hall–Kier alpha value is -0.240. The highest BCUT2D eigenvalue weighted by Crippen LogP contribution is 2.63. The first-order valence-corrected chi connectivity index (χ1v) is 4.15. The molecule has 0 unspecified atom stereocenters. The van der Waals surface area contributed by atoms with E-state index in [0.717, 1.165) is 0 Å². The molecule has 1 rings (SSSR count). The molecule has 0 aromatic heterocycles. The molecule has 0 bridgehead atoms. The predicted molar refractivity (Wildman–Crippen MR) is 38.5 cm³/mol. The van der Waals surface area contributed by atoms with Crippen LogP contribution >= 0.6 is 23.2 Å². The van der Waals surface area contributed by atoms with Gasteiger partial charge in [-0.15, -0.1) is 0 Å². The molecule has 1 aliphatic carbocycles. The van der Waals surface area contributed by atoms with Crippen LogP contribution < -0.4 is 0 Å². The van der Waals surface area contributed by atoms with Crippen molar-refractivity contribution < 1.29 is 35.1 Å². The molecular weight excluding hydrogens is 295 g/mol. The third kappa shape index (κ3) is 1.23. The molecule has 0 aromatic rings. The summed E-state index contributed by atoms with van der Waals surface area (Å²) in [6.45, 7) is 0. The van der Waals surface area contributed by atoms with Crippen LogP contribution in [0.25, 0.3) is 0 Å². The van der Waals surface area contributed by atoms with Crippen LogP contribution in [-0.2, 0) is 0 Å². The summed E-state index contributed by atoms with van der Waals surface area (Å²) >= 11 is 8.92.